The second kappa shape index (κ2) is 6.40. The van der Waals surface area contributed by atoms with Crippen LogP contribution >= 0.6 is 0 Å². The summed E-state index contributed by atoms with van der Waals surface area (Å²) in [5.41, 5.74) is 0.206. The molecule has 1 spiro atoms. The Kier molecular flexibility index (Phi) is 4.73. The maximum atomic E-state index is 12.3. The van der Waals surface area contributed by atoms with E-state index in [1.807, 2.05) is 0 Å². The lowest BCUT2D eigenvalue weighted by Gasteiger charge is -2.35. The van der Waals surface area contributed by atoms with Crippen LogP contribution in [0.2, 0.25) is 0 Å². The van der Waals surface area contributed by atoms with E-state index in [2.05, 4.69) is 13.8 Å². The first kappa shape index (κ1) is 15.5. The van der Waals surface area contributed by atoms with Crippen LogP contribution < -0.4 is 0 Å². The molecule has 0 amide bonds. The van der Waals surface area contributed by atoms with Gasteiger partial charge in [-0.2, -0.15) is 0 Å². The van der Waals surface area contributed by atoms with Gasteiger partial charge < -0.3 is 4.74 Å². The molecular weight excluding hydrogens is 260 g/mol. The minimum atomic E-state index is 0.206. The van der Waals surface area contributed by atoms with E-state index in [1.54, 1.807) is 0 Å². The van der Waals surface area contributed by atoms with Crippen LogP contribution in [0, 0.1) is 17.8 Å². The van der Waals surface area contributed by atoms with Crippen LogP contribution in [-0.4, -0.2) is 17.5 Å². The summed E-state index contributed by atoms with van der Waals surface area (Å²) in [7, 11) is 0. The van der Waals surface area contributed by atoms with E-state index in [4.69, 9.17) is 4.74 Å². The highest BCUT2D eigenvalue weighted by molar-refractivity contribution is 5.81. The van der Waals surface area contributed by atoms with Crippen molar-refractivity contribution in [3.05, 3.63) is 0 Å². The van der Waals surface area contributed by atoms with E-state index in [9.17, 15) is 4.79 Å². The average Bonchev–Trinajstić information content (AvgIpc) is 2.84. The van der Waals surface area contributed by atoms with Crippen molar-refractivity contribution in [1.29, 1.82) is 0 Å². The van der Waals surface area contributed by atoms with E-state index >= 15 is 0 Å². The number of hydrogen-bond donors (Lipinski definition) is 0. The van der Waals surface area contributed by atoms with Crippen molar-refractivity contribution < 1.29 is 9.53 Å². The van der Waals surface area contributed by atoms with Gasteiger partial charge in [0.25, 0.3) is 0 Å². The third-order valence-electron chi connectivity index (χ3n) is 6.40. The summed E-state index contributed by atoms with van der Waals surface area (Å²) in [5.74, 6) is 2.27. The normalized spacial score (nSPS) is 36.5. The molecule has 1 aliphatic heterocycles. The zero-order valence-electron chi connectivity index (χ0n) is 13.9. The van der Waals surface area contributed by atoms with Crippen molar-refractivity contribution in [2.45, 2.75) is 96.2 Å². The minimum Gasteiger partial charge on any atom is -0.372 e. The maximum Gasteiger partial charge on any atom is 0.136 e. The molecule has 0 N–H and O–H groups in total. The Hall–Kier alpha value is -0.370. The molecule has 0 aromatic carbocycles. The third kappa shape index (κ3) is 3.52. The molecule has 0 bridgehead atoms. The van der Waals surface area contributed by atoms with Crippen molar-refractivity contribution in [1.82, 2.24) is 0 Å². The van der Waals surface area contributed by atoms with Crippen molar-refractivity contribution in [3.63, 3.8) is 0 Å². The number of hydrogen-bond acceptors (Lipinski definition) is 2. The lowest BCUT2D eigenvalue weighted by atomic mass is 9.73. The molecule has 3 fully saturated rings. The summed E-state index contributed by atoms with van der Waals surface area (Å²) in [4.78, 5) is 12.3. The van der Waals surface area contributed by atoms with Crippen molar-refractivity contribution in [2.75, 3.05) is 0 Å². The van der Waals surface area contributed by atoms with Crippen molar-refractivity contribution >= 4 is 5.78 Å². The number of Topliss-reactive ketones (excluding diaryl/α,β-unsaturated/α-hetero) is 1. The van der Waals surface area contributed by atoms with Gasteiger partial charge in [-0.1, -0.05) is 33.1 Å². The minimum absolute atomic E-state index is 0.206. The Balaban J connectivity index is 1.55. The number of ether oxygens (including phenoxy) is 1. The van der Waals surface area contributed by atoms with Crippen LogP contribution in [0.3, 0.4) is 0 Å². The van der Waals surface area contributed by atoms with Gasteiger partial charge in [0.05, 0.1) is 11.7 Å². The highest BCUT2D eigenvalue weighted by Gasteiger charge is 2.42. The van der Waals surface area contributed by atoms with Gasteiger partial charge in [-0.3, -0.25) is 4.79 Å². The smallest absolute Gasteiger partial charge is 0.136 e. The number of carbonyl (C=O) groups is 1. The molecule has 0 aromatic heterocycles. The van der Waals surface area contributed by atoms with Gasteiger partial charge in [-0.15, -0.1) is 0 Å². The van der Waals surface area contributed by atoms with Gasteiger partial charge in [0.15, 0.2) is 0 Å². The van der Waals surface area contributed by atoms with Crippen LogP contribution in [0.1, 0.15) is 84.5 Å². The molecular formula is C19H32O2. The second-order valence-corrected chi connectivity index (χ2v) is 8.20. The largest absolute Gasteiger partial charge is 0.372 e. The fraction of sp³-hybridized carbons (Fsp3) is 0.947. The van der Waals surface area contributed by atoms with Crippen molar-refractivity contribution in [3.8, 4) is 0 Å². The molecule has 3 unspecified atom stereocenters. The van der Waals surface area contributed by atoms with E-state index in [0.29, 0.717) is 11.9 Å². The lowest BCUT2D eigenvalue weighted by molar-refractivity contribution is -0.129. The SMILES string of the molecule is CC(C)C1CCC(=O)C(CC2CCC3(CCCCC3)O2)C1. The summed E-state index contributed by atoms with van der Waals surface area (Å²) < 4.78 is 6.48. The van der Waals surface area contributed by atoms with Crippen molar-refractivity contribution in [2.24, 2.45) is 17.8 Å². The summed E-state index contributed by atoms with van der Waals surface area (Å²) in [6, 6.07) is 0. The molecule has 1 saturated heterocycles. The molecule has 3 rings (SSSR count). The van der Waals surface area contributed by atoms with Gasteiger partial charge >= 0.3 is 0 Å². The molecule has 120 valence electrons. The molecule has 2 nitrogen and oxygen atoms in total. The van der Waals surface area contributed by atoms with Crippen LogP contribution in [0.15, 0.2) is 0 Å². The average molecular weight is 292 g/mol. The Labute approximate surface area is 130 Å². The molecule has 3 atom stereocenters. The first-order valence-corrected chi connectivity index (χ1v) is 9.28. The van der Waals surface area contributed by atoms with Gasteiger partial charge in [0.1, 0.15) is 5.78 Å². The summed E-state index contributed by atoms with van der Waals surface area (Å²) in [6.45, 7) is 4.61. The summed E-state index contributed by atoms with van der Waals surface area (Å²) >= 11 is 0. The number of rotatable bonds is 3. The van der Waals surface area contributed by atoms with Crippen LogP contribution in [0.25, 0.3) is 0 Å². The maximum absolute atomic E-state index is 12.3. The predicted octanol–water partition coefficient (Wildman–Crippen LogP) is 4.90. The number of carbonyl (C=O) groups excluding carboxylic acids is 1. The molecule has 2 aliphatic carbocycles. The predicted molar refractivity (Wildman–Crippen MR) is 85.2 cm³/mol. The Morgan fingerprint density at radius 2 is 1.90 bits per heavy atom. The highest BCUT2D eigenvalue weighted by atomic mass is 16.5. The molecule has 0 aromatic rings. The quantitative estimate of drug-likeness (QED) is 0.739. The first-order valence-electron chi connectivity index (χ1n) is 9.28. The van der Waals surface area contributed by atoms with Gasteiger partial charge in [-0.05, 0) is 56.8 Å². The Morgan fingerprint density at radius 3 is 2.62 bits per heavy atom. The molecule has 2 heteroatoms. The number of ketones is 1. The lowest BCUT2D eigenvalue weighted by Crippen LogP contribution is -2.34. The van der Waals surface area contributed by atoms with Gasteiger partial charge in [0.2, 0.25) is 0 Å². The summed E-state index contributed by atoms with van der Waals surface area (Å²) in [6.07, 6.45) is 13.4. The highest BCUT2D eigenvalue weighted by Crippen LogP contribution is 2.44. The Morgan fingerprint density at radius 1 is 1.14 bits per heavy atom. The van der Waals surface area contributed by atoms with Gasteiger partial charge in [-0.25, -0.2) is 0 Å². The standard InChI is InChI=1S/C19H32O2/c1-14(2)15-6-7-18(20)16(12-15)13-17-8-11-19(21-17)9-4-3-5-10-19/h14-17H,3-13H2,1-2H3. The van der Waals surface area contributed by atoms with E-state index in [1.165, 1.54) is 44.9 Å². The fourth-order valence-corrected chi connectivity index (χ4v) is 4.92. The molecule has 3 aliphatic rings. The summed E-state index contributed by atoms with van der Waals surface area (Å²) in [5, 5.41) is 0. The second-order valence-electron chi connectivity index (χ2n) is 8.20. The molecule has 0 radical (unpaired) electrons. The molecule has 2 saturated carbocycles. The first-order chi connectivity index (χ1) is 10.1. The van der Waals surface area contributed by atoms with Crippen LogP contribution in [-0.2, 0) is 9.53 Å². The Bertz CT molecular complexity index is 368. The van der Waals surface area contributed by atoms with E-state index < -0.39 is 0 Å². The van der Waals surface area contributed by atoms with Crippen LogP contribution in [0.5, 0.6) is 0 Å². The third-order valence-corrected chi connectivity index (χ3v) is 6.40. The van der Waals surface area contributed by atoms with E-state index in [0.717, 1.165) is 37.5 Å². The zero-order chi connectivity index (χ0) is 14.9. The van der Waals surface area contributed by atoms with Gasteiger partial charge in [0, 0.05) is 12.3 Å². The topological polar surface area (TPSA) is 26.3 Å². The molecule has 21 heavy (non-hydrogen) atoms. The van der Waals surface area contributed by atoms with Crippen LogP contribution in [0.4, 0.5) is 0 Å². The van der Waals surface area contributed by atoms with E-state index in [-0.39, 0.29) is 11.5 Å². The monoisotopic (exact) mass is 292 g/mol. The fourth-order valence-electron chi connectivity index (χ4n) is 4.92. The zero-order valence-corrected chi connectivity index (χ0v) is 13.9. The molecule has 1 heterocycles.